The van der Waals surface area contributed by atoms with Crippen molar-refractivity contribution in [3.63, 3.8) is 0 Å². The van der Waals surface area contributed by atoms with E-state index in [1.165, 1.54) is 6.07 Å². The molecule has 0 aliphatic rings. The molecule has 0 aliphatic carbocycles. The molecular formula is C14H14FN3. The van der Waals surface area contributed by atoms with E-state index in [0.717, 1.165) is 24.4 Å². The Morgan fingerprint density at radius 2 is 1.94 bits per heavy atom. The van der Waals surface area contributed by atoms with Gasteiger partial charge in [0, 0.05) is 37.1 Å². The number of fused-ring (bicyclic) bond motifs is 1. The largest absolute Gasteiger partial charge is 0.346 e. The minimum atomic E-state index is -0.162. The highest BCUT2D eigenvalue weighted by Crippen LogP contribution is 2.19. The Labute approximate surface area is 104 Å². The van der Waals surface area contributed by atoms with Crippen molar-refractivity contribution < 1.29 is 4.39 Å². The second kappa shape index (κ2) is 4.29. The molecule has 4 heteroatoms. The van der Waals surface area contributed by atoms with E-state index in [4.69, 9.17) is 0 Å². The second-order valence-corrected chi connectivity index (χ2v) is 4.35. The first-order valence-electron chi connectivity index (χ1n) is 5.97. The Bertz CT molecular complexity index is 681. The van der Waals surface area contributed by atoms with Crippen LogP contribution in [0, 0.1) is 12.7 Å². The molecule has 0 spiro atoms. The molecule has 92 valence electrons. The van der Waals surface area contributed by atoms with Gasteiger partial charge in [0.15, 0.2) is 0 Å². The summed E-state index contributed by atoms with van der Waals surface area (Å²) >= 11 is 0. The molecule has 0 aliphatic heterocycles. The van der Waals surface area contributed by atoms with Crippen LogP contribution in [0.25, 0.3) is 10.9 Å². The normalized spacial score (nSPS) is 11.2. The molecule has 0 N–H and O–H groups in total. The van der Waals surface area contributed by atoms with Gasteiger partial charge in [-0.15, -0.1) is 0 Å². The number of benzene rings is 1. The van der Waals surface area contributed by atoms with Crippen LogP contribution in [0.1, 0.15) is 5.82 Å². The van der Waals surface area contributed by atoms with Crippen molar-refractivity contribution in [2.45, 2.75) is 20.0 Å². The van der Waals surface area contributed by atoms with Gasteiger partial charge in [-0.05, 0) is 25.1 Å². The van der Waals surface area contributed by atoms with Gasteiger partial charge in [-0.3, -0.25) is 0 Å². The van der Waals surface area contributed by atoms with E-state index >= 15 is 0 Å². The van der Waals surface area contributed by atoms with E-state index in [2.05, 4.69) is 14.1 Å². The Morgan fingerprint density at radius 3 is 2.72 bits per heavy atom. The first-order chi connectivity index (χ1) is 8.75. The molecule has 2 heterocycles. The summed E-state index contributed by atoms with van der Waals surface area (Å²) in [6.45, 7) is 3.63. The summed E-state index contributed by atoms with van der Waals surface area (Å²) in [5, 5.41) is 0.680. The molecule has 0 fully saturated rings. The topological polar surface area (TPSA) is 22.8 Å². The summed E-state index contributed by atoms with van der Waals surface area (Å²) in [4.78, 5) is 4.19. The maximum Gasteiger partial charge on any atom is 0.132 e. The molecule has 18 heavy (non-hydrogen) atoms. The Balaban J connectivity index is 1.87. The van der Waals surface area contributed by atoms with E-state index in [0.29, 0.717) is 5.39 Å². The molecule has 0 saturated heterocycles. The standard InChI is InChI=1S/C14H14FN3/c1-11-16-6-8-17(11)9-10-18-7-5-12-13(15)3-2-4-14(12)18/h2-8H,9-10H2,1H3. The molecule has 0 atom stereocenters. The number of aromatic nitrogens is 3. The lowest BCUT2D eigenvalue weighted by molar-refractivity contribution is 0.579. The van der Waals surface area contributed by atoms with Crippen molar-refractivity contribution >= 4 is 10.9 Å². The van der Waals surface area contributed by atoms with Crippen molar-refractivity contribution in [1.29, 1.82) is 0 Å². The third-order valence-corrected chi connectivity index (χ3v) is 3.27. The van der Waals surface area contributed by atoms with Crippen LogP contribution in [0.3, 0.4) is 0 Å². The highest BCUT2D eigenvalue weighted by molar-refractivity contribution is 5.80. The van der Waals surface area contributed by atoms with Gasteiger partial charge in [0.25, 0.3) is 0 Å². The predicted molar refractivity (Wildman–Crippen MR) is 68.9 cm³/mol. The highest BCUT2D eigenvalue weighted by atomic mass is 19.1. The number of rotatable bonds is 3. The van der Waals surface area contributed by atoms with E-state index in [1.807, 2.05) is 31.5 Å². The molecule has 0 radical (unpaired) electrons. The lowest BCUT2D eigenvalue weighted by Crippen LogP contribution is -2.07. The van der Waals surface area contributed by atoms with Crippen LogP contribution in [0.2, 0.25) is 0 Å². The average Bonchev–Trinajstić information content (AvgIpc) is 2.94. The van der Waals surface area contributed by atoms with E-state index in [9.17, 15) is 4.39 Å². The molecule has 3 rings (SSSR count). The van der Waals surface area contributed by atoms with Gasteiger partial charge in [-0.2, -0.15) is 0 Å². The van der Waals surface area contributed by atoms with Crippen molar-refractivity contribution in [3.8, 4) is 0 Å². The molecule has 1 aromatic carbocycles. The molecule has 0 amide bonds. The Morgan fingerprint density at radius 1 is 1.11 bits per heavy atom. The zero-order valence-corrected chi connectivity index (χ0v) is 10.2. The quantitative estimate of drug-likeness (QED) is 0.693. The number of imidazole rings is 1. The maximum atomic E-state index is 13.5. The van der Waals surface area contributed by atoms with Crippen LogP contribution in [-0.2, 0) is 13.1 Å². The number of nitrogens with zero attached hydrogens (tertiary/aromatic N) is 3. The smallest absolute Gasteiger partial charge is 0.132 e. The summed E-state index contributed by atoms with van der Waals surface area (Å²) in [6.07, 6.45) is 5.68. The molecule has 2 aromatic heterocycles. The summed E-state index contributed by atoms with van der Waals surface area (Å²) < 4.78 is 17.7. The zero-order chi connectivity index (χ0) is 12.5. The van der Waals surface area contributed by atoms with Gasteiger partial charge in [-0.1, -0.05) is 6.07 Å². The molecule has 0 unspecified atom stereocenters. The van der Waals surface area contributed by atoms with Crippen molar-refractivity contribution in [2.24, 2.45) is 0 Å². The van der Waals surface area contributed by atoms with Crippen molar-refractivity contribution in [2.75, 3.05) is 0 Å². The molecule has 3 nitrogen and oxygen atoms in total. The monoisotopic (exact) mass is 243 g/mol. The molecule has 3 aromatic rings. The lowest BCUT2D eigenvalue weighted by Gasteiger charge is -2.07. The summed E-state index contributed by atoms with van der Waals surface area (Å²) in [5.41, 5.74) is 0.938. The van der Waals surface area contributed by atoms with Crippen LogP contribution in [0.4, 0.5) is 4.39 Å². The fourth-order valence-corrected chi connectivity index (χ4v) is 2.24. The molecule has 0 saturated carbocycles. The van der Waals surface area contributed by atoms with E-state index < -0.39 is 0 Å². The summed E-state index contributed by atoms with van der Waals surface area (Å²) in [5.74, 6) is 0.836. The molecule has 0 bridgehead atoms. The predicted octanol–water partition coefficient (Wildman–Crippen LogP) is 2.99. The second-order valence-electron chi connectivity index (χ2n) is 4.35. The zero-order valence-electron chi connectivity index (χ0n) is 10.2. The van der Waals surface area contributed by atoms with Gasteiger partial charge in [-0.25, -0.2) is 9.37 Å². The van der Waals surface area contributed by atoms with Crippen LogP contribution in [-0.4, -0.2) is 14.1 Å². The number of aryl methyl sites for hydroxylation is 3. The Hall–Kier alpha value is -2.10. The number of hydrogen-bond donors (Lipinski definition) is 0. The highest BCUT2D eigenvalue weighted by Gasteiger charge is 2.05. The first-order valence-corrected chi connectivity index (χ1v) is 5.97. The SMILES string of the molecule is Cc1nccn1CCn1ccc2c(F)cccc21. The van der Waals surface area contributed by atoms with Gasteiger partial charge < -0.3 is 9.13 Å². The Kier molecular flexibility index (Phi) is 2.63. The van der Waals surface area contributed by atoms with E-state index in [-0.39, 0.29) is 5.82 Å². The van der Waals surface area contributed by atoms with Gasteiger partial charge in [0.1, 0.15) is 11.6 Å². The minimum absolute atomic E-state index is 0.162. The van der Waals surface area contributed by atoms with Gasteiger partial charge in [0.2, 0.25) is 0 Å². The fraction of sp³-hybridized carbons (Fsp3) is 0.214. The third kappa shape index (κ3) is 1.79. The van der Waals surface area contributed by atoms with Crippen LogP contribution in [0.5, 0.6) is 0 Å². The van der Waals surface area contributed by atoms with Crippen LogP contribution < -0.4 is 0 Å². The number of hydrogen-bond acceptors (Lipinski definition) is 1. The minimum Gasteiger partial charge on any atom is -0.346 e. The lowest BCUT2D eigenvalue weighted by atomic mass is 10.2. The summed E-state index contributed by atoms with van der Waals surface area (Å²) in [6, 6.07) is 7.01. The van der Waals surface area contributed by atoms with Crippen LogP contribution in [0.15, 0.2) is 42.9 Å². The van der Waals surface area contributed by atoms with Crippen LogP contribution >= 0.6 is 0 Å². The number of halogens is 1. The summed E-state index contributed by atoms with van der Waals surface area (Å²) in [7, 11) is 0. The van der Waals surface area contributed by atoms with Crippen molar-refractivity contribution in [3.05, 3.63) is 54.5 Å². The third-order valence-electron chi connectivity index (χ3n) is 3.27. The average molecular weight is 243 g/mol. The van der Waals surface area contributed by atoms with Crippen molar-refractivity contribution in [1.82, 2.24) is 14.1 Å². The molecular weight excluding hydrogens is 229 g/mol. The van der Waals surface area contributed by atoms with Gasteiger partial charge >= 0.3 is 0 Å². The first kappa shape index (κ1) is 11.0. The van der Waals surface area contributed by atoms with Gasteiger partial charge in [0.05, 0.1) is 5.52 Å². The fourth-order valence-electron chi connectivity index (χ4n) is 2.24. The maximum absolute atomic E-state index is 13.5. The van der Waals surface area contributed by atoms with E-state index in [1.54, 1.807) is 12.3 Å².